The molecular weight excluding hydrogens is 2590 g/mol. The van der Waals surface area contributed by atoms with Crippen molar-refractivity contribution < 1.29 is 34.6 Å². The predicted molar refractivity (Wildman–Crippen MR) is 717 cm³/mol. The Hall–Kier alpha value is 4.02. The summed E-state index contributed by atoms with van der Waals surface area (Å²) < 4.78 is 98.4. The van der Waals surface area contributed by atoms with Gasteiger partial charge in [0, 0.05) is 66.4 Å². The summed E-state index contributed by atoms with van der Waals surface area (Å²) in [4.78, 5) is 34.2. The zero-order valence-corrected chi connectivity index (χ0v) is 116. The lowest BCUT2D eigenvalue weighted by atomic mass is 9.79. The van der Waals surface area contributed by atoms with E-state index < -0.39 is 47.8 Å². The maximum absolute atomic E-state index is 14.2. The van der Waals surface area contributed by atoms with E-state index in [2.05, 4.69) is 184 Å². The molecule has 21 unspecified atom stereocenters. The van der Waals surface area contributed by atoms with Crippen LogP contribution in [0.4, 0.5) is 51.2 Å². The van der Waals surface area contributed by atoms with E-state index in [-0.39, 0.29) is 135 Å². The Morgan fingerprint density at radius 3 is 0.793 bits per heavy atom. The molecule has 4 aliphatic rings. The van der Waals surface area contributed by atoms with E-state index in [1.807, 2.05) is 261 Å². The predicted octanol–water partition coefficient (Wildman–Crippen LogP) is 40.6. The molecule has 13 nitrogen and oxygen atoms in total. The number of fused-ring (bicyclic) bond motifs is 10. The summed E-state index contributed by atoms with van der Waals surface area (Å²) in [5, 5.41) is 2.82. The van der Waals surface area contributed by atoms with E-state index in [0.29, 0.717) is 54.7 Å². The zero-order valence-electron chi connectivity index (χ0n) is 74.5. The molecule has 0 saturated carbocycles. The minimum atomic E-state index is -3.67. The molecule has 726 valence electrons. The number of nitrogens with zero attached hydrogens (tertiary/aromatic N) is 3. The summed E-state index contributed by atoms with van der Waals surface area (Å²) in [7, 11) is 46.1. The first-order chi connectivity index (χ1) is 66.5. The lowest BCUT2D eigenvalue weighted by Crippen LogP contribution is -2.41. The fourth-order valence-electron chi connectivity index (χ4n) is 16.0. The van der Waals surface area contributed by atoms with Crippen LogP contribution in [0.25, 0.3) is 62.6 Å². The number of para-hydroxylation sites is 6. The van der Waals surface area contributed by atoms with Gasteiger partial charge in [0.1, 0.15) is 0 Å². The van der Waals surface area contributed by atoms with Crippen molar-refractivity contribution in [2.75, 3.05) is 14.7 Å². The van der Waals surface area contributed by atoms with Gasteiger partial charge in [0.2, 0.25) is 29.5 Å². The standard InChI is InChI=1S/C49H30N2O5S3.C24H24BNO4S.C13H6Br2OS.H35P33/c52-49-37-29-33(31-17-23-35(24-18-31)50-39-9-1-5-13-45(39)58(53,54)46-14-6-2-10-40(46)50)21-27-43(37)57-44-28-22-34(30-38(44)49)32-19-25-36(26-20-32)51-41-11-3-7-15-47(41)59(55,56)48-16-8-4-12-42(48)51;1-23(2)24(3,4)30-25(29-23)17-13-15-18(16-14-17)26-19-9-5-7-11-21(19)31(27,28)22-12-8-6-10-20(22)26;14-7-1-3-11-9(5-7)13(16)10-6-8(15)2-4-12(10)17-11;1-18-27(19(2)3)31(26(16)17)33(30(24(12)13)25(14)15)32(28(20(4)5)21(6)7)29(22(8)9)23(10)11/h1-30H;5-16H,1-4H3;1-6H;18H,1-17H2. The second kappa shape index (κ2) is 50.1. The van der Waals surface area contributed by atoms with Gasteiger partial charge in [0.15, 0.2) is 10.9 Å². The molecule has 6 heterocycles. The van der Waals surface area contributed by atoms with Crippen molar-refractivity contribution in [1.29, 1.82) is 0 Å². The van der Waals surface area contributed by atoms with Gasteiger partial charge in [-0.15, -0.1) is 174 Å². The first kappa shape index (κ1) is 117. The summed E-state index contributed by atoms with van der Waals surface area (Å²) in [6, 6.07) is 89.9. The van der Waals surface area contributed by atoms with Crippen molar-refractivity contribution >= 4 is 453 Å². The van der Waals surface area contributed by atoms with E-state index >= 15 is 0 Å². The van der Waals surface area contributed by atoms with Crippen molar-refractivity contribution in [2.45, 2.75) is 68.3 Å². The highest BCUT2D eigenvalue weighted by molar-refractivity contribution is 9.45. The van der Waals surface area contributed by atoms with Crippen molar-refractivity contribution in [3.8, 4) is 22.3 Å². The van der Waals surface area contributed by atoms with Crippen molar-refractivity contribution in [1.82, 2.24) is 0 Å². The molecule has 2 aromatic heterocycles. The lowest BCUT2D eigenvalue weighted by molar-refractivity contribution is 0.00578. The molecule has 0 bridgehead atoms. The average Bonchev–Trinajstić information content (AvgIpc) is 0.751. The van der Waals surface area contributed by atoms with Gasteiger partial charge in [0.25, 0.3) is 0 Å². The molecule has 0 aliphatic carbocycles. The topological polar surface area (TPSA) is 165 Å². The van der Waals surface area contributed by atoms with Gasteiger partial charge in [-0.2, -0.15) is 0 Å². The summed E-state index contributed by atoms with van der Waals surface area (Å²) >= 11 is 10.0. The molecule has 1 saturated heterocycles. The van der Waals surface area contributed by atoms with Gasteiger partial charge < -0.3 is 24.0 Å². The van der Waals surface area contributed by atoms with Crippen LogP contribution in [0, 0.1) is 0 Å². The molecule has 15 aromatic rings. The molecule has 0 N–H and O–H groups in total. The number of hydrogen-bond acceptors (Lipinski definition) is 15. The fourth-order valence-corrected chi connectivity index (χ4v) is 464. The third-order valence-electron chi connectivity index (χ3n) is 23.0. The van der Waals surface area contributed by atoms with Crippen LogP contribution in [0.5, 0.6) is 0 Å². The molecule has 54 heteroatoms. The second-order valence-electron chi connectivity index (χ2n) is 32.2. The number of hydrogen-bond donors (Lipinski definition) is 0. The van der Waals surface area contributed by atoms with Crippen LogP contribution in [0.15, 0.2) is 339 Å². The molecule has 21 atom stereocenters. The Bertz CT molecular complexity index is 7220. The molecule has 0 amide bonds. The van der Waals surface area contributed by atoms with Crippen molar-refractivity contribution in [2.24, 2.45) is 0 Å². The van der Waals surface area contributed by atoms with Crippen LogP contribution in [-0.4, -0.2) is 43.6 Å². The summed E-state index contributed by atoms with van der Waals surface area (Å²) in [6.45, 7) is 7.80. The second-order valence-corrected chi connectivity index (χ2v) is 174. The van der Waals surface area contributed by atoms with Crippen LogP contribution in [0.3, 0.4) is 0 Å². The molecule has 4 aliphatic heterocycles. The molecule has 1 fully saturated rings. The van der Waals surface area contributed by atoms with E-state index in [1.54, 1.807) is 95.5 Å². The third kappa shape index (κ3) is 24.9. The van der Waals surface area contributed by atoms with Gasteiger partial charge >= 0.3 is 7.12 Å². The zero-order chi connectivity index (χ0) is 100. The molecule has 0 spiro atoms. The Balaban J connectivity index is 0.000000148. The summed E-state index contributed by atoms with van der Waals surface area (Å²) in [5.74, 6) is 0. The Morgan fingerprint density at radius 1 is 0.300 bits per heavy atom. The van der Waals surface area contributed by atoms with E-state index in [1.165, 1.54) is 0 Å². The number of anilines is 9. The Kier molecular flexibility index (Phi) is 41.7. The highest BCUT2D eigenvalue weighted by Gasteiger charge is 2.54. The summed E-state index contributed by atoms with van der Waals surface area (Å²) in [6.07, 6.45) is 0. The molecular formula is C86H95BBr2N3O10P33S5. The smallest absolute Gasteiger partial charge is 0.399 e. The first-order valence-corrected chi connectivity index (χ1v) is 109. The molecule has 140 heavy (non-hydrogen) atoms. The van der Waals surface area contributed by atoms with Gasteiger partial charge in [-0.1, -0.05) is 161 Å². The van der Waals surface area contributed by atoms with Crippen LogP contribution < -0.4 is 31.0 Å². The number of halogens is 2. The van der Waals surface area contributed by atoms with E-state index in [0.717, 1.165) is 91.3 Å². The fraction of sp³-hybridized carbons (Fsp3) is 0.0698. The van der Waals surface area contributed by atoms with Crippen LogP contribution in [0.1, 0.15) is 27.7 Å². The molecule has 13 aromatic carbocycles. The lowest BCUT2D eigenvalue weighted by Gasteiger charge is -2.53. The normalized spacial score (nSPS) is 16.0. The molecule has 19 rings (SSSR count). The molecule has 0 radical (unpaired) electrons. The number of rotatable bonds is 21. The number of sulfone groups is 3. The Morgan fingerprint density at radius 2 is 0.536 bits per heavy atom. The number of benzene rings is 13. The van der Waals surface area contributed by atoms with Crippen LogP contribution in [0.2, 0.25) is 0 Å². The Labute approximate surface area is 902 Å². The van der Waals surface area contributed by atoms with Crippen molar-refractivity contribution in [3.05, 3.63) is 321 Å². The summed E-state index contributed by atoms with van der Waals surface area (Å²) in [5.41, 5.74) is 10.00. The van der Waals surface area contributed by atoms with Gasteiger partial charge in [-0.3, -0.25) is 9.59 Å². The minimum Gasteiger partial charge on any atom is -0.399 e. The average molecular weight is 2680 g/mol. The first-order valence-electron chi connectivity index (χ1n) is 41.6. The van der Waals surface area contributed by atoms with Crippen LogP contribution in [-0.2, 0) is 38.8 Å². The third-order valence-corrected chi connectivity index (χ3v) is 252. The van der Waals surface area contributed by atoms with Gasteiger partial charge in [-0.25, -0.2) is 25.3 Å². The van der Waals surface area contributed by atoms with Crippen molar-refractivity contribution in [3.63, 3.8) is 0 Å². The monoisotopic (exact) mass is 2680 g/mol. The largest absolute Gasteiger partial charge is 0.494 e. The SMILES string of the molecule is CC1(C)OB(c2ccc(N3c4ccccc4S(=O)(=O)c4ccccc43)cc2)OC1(C)C.O=c1c2cc(-c3ccc(N4c5ccccc5S(=O)(=O)c5ccccc54)cc3)ccc2sc2ccc(-c3ccc(N4c5ccccc5S(=O)(=O)c5ccccc54)cc3)cc12.O=c1c2cc(Br)ccc2sc2ccc(Br)cc12.PPP(P(P)P)P(P(P)P)P(P(P(P)P)P(P)P)P(P(P(P)P)P(P)P)P(P(P)P)P(P)P. The van der Waals surface area contributed by atoms with Gasteiger partial charge in [-0.05, 0) is 330 Å². The van der Waals surface area contributed by atoms with E-state index in [9.17, 15) is 34.8 Å². The van der Waals surface area contributed by atoms with E-state index in [4.69, 9.17) is 9.31 Å². The highest BCUT2D eigenvalue weighted by Crippen LogP contribution is 3.40. The van der Waals surface area contributed by atoms with Crippen LogP contribution >= 0.6 is 319 Å². The maximum Gasteiger partial charge on any atom is 0.494 e. The quantitative estimate of drug-likeness (QED) is 0.0379. The highest BCUT2D eigenvalue weighted by atomic mass is 79.9. The maximum atomic E-state index is 14.2. The van der Waals surface area contributed by atoms with Gasteiger partial charge in [0.05, 0.1) is 74.7 Å². The minimum absolute atomic E-state index is 0.0163.